The Hall–Kier alpha value is -2.42. The fourth-order valence-electron chi connectivity index (χ4n) is 4.72. The number of nitrogens with one attached hydrogen (secondary N) is 2. The molecule has 1 unspecified atom stereocenters. The molecule has 2 fully saturated rings. The summed E-state index contributed by atoms with van der Waals surface area (Å²) in [6, 6.07) is 3.23. The second kappa shape index (κ2) is 8.14. The molecule has 1 aliphatic carbocycles. The highest BCUT2D eigenvalue weighted by Gasteiger charge is 2.35. The topological polar surface area (TPSA) is 64.2 Å². The van der Waals surface area contributed by atoms with Crippen LogP contribution in [-0.2, 0) is 11.0 Å². The van der Waals surface area contributed by atoms with E-state index in [0.717, 1.165) is 37.6 Å². The van der Waals surface area contributed by atoms with Gasteiger partial charge in [0.25, 0.3) is 5.91 Å². The number of nitrogens with zero attached hydrogens (tertiary/aromatic N) is 3. The number of benzene rings is 1. The van der Waals surface area contributed by atoms with E-state index in [1.54, 1.807) is 0 Å². The summed E-state index contributed by atoms with van der Waals surface area (Å²) in [4.78, 5) is 17.7. The van der Waals surface area contributed by atoms with Crippen molar-refractivity contribution >= 4 is 11.6 Å². The van der Waals surface area contributed by atoms with E-state index in [4.69, 9.17) is 0 Å². The number of carbonyl (C=O) groups is 1. The molecule has 0 radical (unpaired) electrons. The fourth-order valence-corrected chi connectivity index (χ4v) is 4.72. The predicted molar refractivity (Wildman–Crippen MR) is 101 cm³/mol. The van der Waals surface area contributed by atoms with Gasteiger partial charge in [0.2, 0.25) is 0 Å². The molecule has 2 N–H and O–H groups in total. The van der Waals surface area contributed by atoms with Crippen molar-refractivity contribution in [2.75, 3.05) is 25.0 Å². The highest BCUT2D eigenvalue weighted by Crippen LogP contribution is 2.34. The summed E-state index contributed by atoms with van der Waals surface area (Å²) in [5.74, 6) is 1.16. The van der Waals surface area contributed by atoms with Crippen LogP contribution in [0.3, 0.4) is 0 Å². The Morgan fingerprint density at radius 3 is 2.72 bits per heavy atom. The lowest BCUT2D eigenvalue weighted by molar-refractivity contribution is -0.902. The molecule has 156 valence electrons. The molecule has 29 heavy (non-hydrogen) atoms. The van der Waals surface area contributed by atoms with Gasteiger partial charge in [-0.05, 0) is 43.4 Å². The van der Waals surface area contributed by atoms with Crippen LogP contribution in [0.4, 0.5) is 18.9 Å². The molecule has 6 nitrogen and oxygen atoms in total. The van der Waals surface area contributed by atoms with E-state index in [0.29, 0.717) is 11.6 Å². The van der Waals surface area contributed by atoms with Crippen molar-refractivity contribution < 1.29 is 22.9 Å². The van der Waals surface area contributed by atoms with E-state index in [1.165, 1.54) is 54.0 Å². The second-order valence-electron chi connectivity index (χ2n) is 8.09. The quantitative estimate of drug-likeness (QED) is 0.816. The number of rotatable bonds is 4. The third-order valence-electron chi connectivity index (χ3n) is 6.16. The first-order valence-electron chi connectivity index (χ1n) is 10.1. The van der Waals surface area contributed by atoms with Gasteiger partial charge in [-0.1, -0.05) is 12.8 Å². The third kappa shape index (κ3) is 4.60. The number of piperidine rings is 1. The van der Waals surface area contributed by atoms with Crippen LogP contribution in [0.1, 0.15) is 37.7 Å². The van der Waals surface area contributed by atoms with Gasteiger partial charge in [0.15, 0.2) is 6.54 Å². The molecule has 3 atom stereocenters. The lowest BCUT2D eigenvalue weighted by Gasteiger charge is -2.38. The number of halogens is 3. The largest absolute Gasteiger partial charge is 0.416 e. The average Bonchev–Trinajstić information content (AvgIpc) is 3.21. The number of aromatic nitrogens is 3. The van der Waals surface area contributed by atoms with Crippen molar-refractivity contribution in [1.29, 1.82) is 0 Å². The molecule has 1 aliphatic heterocycles. The van der Waals surface area contributed by atoms with Gasteiger partial charge in [-0.15, -0.1) is 0 Å². The molecular weight excluding hydrogens is 383 g/mol. The van der Waals surface area contributed by atoms with Gasteiger partial charge in [-0.2, -0.15) is 18.3 Å². The van der Waals surface area contributed by atoms with E-state index in [9.17, 15) is 18.0 Å². The van der Waals surface area contributed by atoms with E-state index >= 15 is 0 Å². The summed E-state index contributed by atoms with van der Waals surface area (Å²) in [7, 11) is 0. The van der Waals surface area contributed by atoms with Gasteiger partial charge < -0.3 is 10.2 Å². The first kappa shape index (κ1) is 19.9. The zero-order valence-electron chi connectivity index (χ0n) is 16.1. The molecule has 2 aromatic rings. The Bertz CT molecular complexity index is 852. The van der Waals surface area contributed by atoms with E-state index in [-0.39, 0.29) is 18.1 Å². The molecule has 2 aliphatic rings. The summed E-state index contributed by atoms with van der Waals surface area (Å²) in [6.07, 6.45) is 4.38. The van der Waals surface area contributed by atoms with Crippen molar-refractivity contribution in [1.82, 2.24) is 14.8 Å². The predicted octanol–water partition coefficient (Wildman–Crippen LogP) is 2.32. The molecule has 1 aromatic carbocycles. The van der Waals surface area contributed by atoms with E-state index in [2.05, 4.69) is 15.4 Å². The highest BCUT2D eigenvalue weighted by atomic mass is 19.4. The minimum atomic E-state index is -4.49. The van der Waals surface area contributed by atoms with Gasteiger partial charge in [0, 0.05) is 5.92 Å². The molecule has 2 heterocycles. The number of alkyl halides is 3. The Morgan fingerprint density at radius 2 is 2.00 bits per heavy atom. The van der Waals surface area contributed by atoms with Gasteiger partial charge in [0.05, 0.1) is 30.0 Å². The van der Waals surface area contributed by atoms with Crippen LogP contribution < -0.4 is 10.2 Å². The zero-order valence-corrected chi connectivity index (χ0v) is 16.1. The third-order valence-corrected chi connectivity index (χ3v) is 6.16. The van der Waals surface area contributed by atoms with Crippen LogP contribution in [0.2, 0.25) is 0 Å². The maximum atomic E-state index is 13.2. The fraction of sp³-hybridized carbons (Fsp3) is 0.550. The van der Waals surface area contributed by atoms with Crippen LogP contribution >= 0.6 is 0 Å². The number of likely N-dealkylation sites (tertiary alicyclic amines) is 1. The van der Waals surface area contributed by atoms with Gasteiger partial charge in [-0.25, -0.2) is 9.67 Å². The van der Waals surface area contributed by atoms with Crippen LogP contribution in [0.5, 0.6) is 0 Å². The first-order chi connectivity index (χ1) is 13.9. The maximum Gasteiger partial charge on any atom is 0.416 e. The van der Waals surface area contributed by atoms with Gasteiger partial charge in [-0.3, -0.25) is 4.79 Å². The van der Waals surface area contributed by atoms with E-state index in [1.807, 2.05) is 0 Å². The lowest BCUT2D eigenvalue weighted by Crippen LogP contribution is -3.15. The molecule has 4 rings (SSSR count). The number of hydrogen-bond acceptors (Lipinski definition) is 3. The monoisotopic (exact) mass is 408 g/mol. The summed E-state index contributed by atoms with van der Waals surface area (Å²) in [6.45, 7) is 2.17. The minimum absolute atomic E-state index is 0.0854. The number of hydrogen-bond donors (Lipinski definition) is 2. The van der Waals surface area contributed by atoms with Crippen molar-refractivity contribution in [2.24, 2.45) is 11.8 Å². The Balaban J connectivity index is 1.48. The molecular formula is C20H25F3N5O+. The Morgan fingerprint density at radius 1 is 1.21 bits per heavy atom. The van der Waals surface area contributed by atoms with Crippen LogP contribution in [0.25, 0.3) is 5.69 Å². The lowest BCUT2D eigenvalue weighted by atomic mass is 9.75. The van der Waals surface area contributed by atoms with E-state index < -0.39 is 11.7 Å². The highest BCUT2D eigenvalue weighted by molar-refractivity contribution is 5.93. The number of quaternary nitrogens is 1. The number of amides is 1. The van der Waals surface area contributed by atoms with Gasteiger partial charge in [0.1, 0.15) is 12.7 Å². The maximum absolute atomic E-state index is 13.2. The molecule has 1 amide bonds. The van der Waals surface area contributed by atoms with Crippen molar-refractivity contribution in [3.05, 3.63) is 36.4 Å². The summed E-state index contributed by atoms with van der Waals surface area (Å²) >= 11 is 0. The average molecular weight is 408 g/mol. The standard InChI is InChI=1S/C20H24F3N5O/c21-20(22,23)16-5-6-18(28-13-24-12-25-28)17(9-16)26-19(29)11-27-8-7-14-3-1-2-4-15(14)10-27/h5-6,9,12-15H,1-4,7-8,10-11H2,(H,26,29)/p+1/t14-,15+/m0/s1. The smallest absolute Gasteiger partial charge is 0.327 e. The molecule has 1 saturated heterocycles. The molecule has 9 heteroatoms. The molecule has 0 bridgehead atoms. The van der Waals surface area contributed by atoms with Crippen LogP contribution in [0, 0.1) is 11.8 Å². The van der Waals surface area contributed by atoms with Crippen LogP contribution in [-0.4, -0.2) is 40.3 Å². The first-order valence-corrected chi connectivity index (χ1v) is 10.1. The van der Waals surface area contributed by atoms with Crippen molar-refractivity contribution in [3.8, 4) is 5.69 Å². The SMILES string of the molecule is O=C(C[NH+]1CC[C@@H]2CCCC[C@@H]2C1)Nc1cc(C(F)(F)F)ccc1-n1cncn1. The number of anilines is 1. The van der Waals surface area contributed by atoms with Gasteiger partial charge >= 0.3 is 6.18 Å². The molecule has 1 saturated carbocycles. The Labute approximate surface area is 167 Å². The second-order valence-corrected chi connectivity index (χ2v) is 8.09. The summed E-state index contributed by atoms with van der Waals surface area (Å²) in [5, 5.41) is 6.66. The zero-order chi connectivity index (χ0) is 20.4. The minimum Gasteiger partial charge on any atom is -0.327 e. The molecule has 0 spiro atoms. The number of carbonyl (C=O) groups excluding carboxylic acids is 1. The normalized spacial score (nSPS) is 24.7. The van der Waals surface area contributed by atoms with Crippen molar-refractivity contribution in [2.45, 2.75) is 38.3 Å². The summed E-state index contributed by atoms with van der Waals surface area (Å²) < 4.78 is 40.8. The van der Waals surface area contributed by atoms with Crippen molar-refractivity contribution in [3.63, 3.8) is 0 Å². The van der Waals surface area contributed by atoms with Crippen LogP contribution in [0.15, 0.2) is 30.9 Å². The Kier molecular flexibility index (Phi) is 5.58. The number of fused-ring (bicyclic) bond motifs is 1. The summed E-state index contributed by atoms with van der Waals surface area (Å²) in [5.41, 5.74) is -0.376. The molecule has 1 aromatic heterocycles.